The van der Waals surface area contributed by atoms with Gasteiger partial charge in [0.15, 0.2) is 0 Å². The molecule has 1 N–H and O–H groups in total. The molecule has 0 bridgehead atoms. The maximum Gasteiger partial charge on any atom is 0.215 e. The van der Waals surface area contributed by atoms with Crippen LogP contribution >= 0.6 is 0 Å². The quantitative estimate of drug-likeness (QED) is 0.755. The molecule has 0 aromatic rings. The summed E-state index contributed by atoms with van der Waals surface area (Å²) in [7, 11) is -3.08. The molecule has 17 heavy (non-hydrogen) atoms. The van der Waals surface area contributed by atoms with Crippen LogP contribution < -0.4 is 4.72 Å². The molecule has 1 heterocycles. The summed E-state index contributed by atoms with van der Waals surface area (Å²) in [4.78, 5) is 2.29. The van der Waals surface area contributed by atoms with Crippen molar-refractivity contribution in [2.75, 3.05) is 26.2 Å². The Morgan fingerprint density at radius 2 is 2.12 bits per heavy atom. The molecule has 0 unspecified atom stereocenters. The van der Waals surface area contributed by atoms with Gasteiger partial charge in [0.2, 0.25) is 10.0 Å². The van der Waals surface area contributed by atoms with Gasteiger partial charge in [-0.25, -0.2) is 13.1 Å². The monoisotopic (exact) mass is 262 g/mol. The van der Waals surface area contributed by atoms with Crippen molar-refractivity contribution < 1.29 is 8.42 Å². The van der Waals surface area contributed by atoms with Crippen LogP contribution in [0.15, 0.2) is 0 Å². The summed E-state index contributed by atoms with van der Waals surface area (Å²) in [5.41, 5.74) is 0. The second-order valence-electron chi connectivity index (χ2n) is 5.11. The highest BCUT2D eigenvalue weighted by molar-refractivity contribution is 7.90. The lowest BCUT2D eigenvalue weighted by molar-refractivity contribution is 0.279. The first-order chi connectivity index (χ1) is 7.99. The Balaban J connectivity index is 2.42. The SMILES string of the molecule is CCC[C@H](C)CN1CC[C@H](S(=O)(=O)NCC)C1. The summed E-state index contributed by atoms with van der Waals surface area (Å²) in [6.45, 7) is 9.41. The molecule has 1 aliphatic heterocycles. The second-order valence-corrected chi connectivity index (χ2v) is 7.15. The molecular weight excluding hydrogens is 236 g/mol. The maximum absolute atomic E-state index is 11.9. The molecule has 4 nitrogen and oxygen atoms in total. The Hall–Kier alpha value is -0.130. The van der Waals surface area contributed by atoms with E-state index in [4.69, 9.17) is 0 Å². The fourth-order valence-corrected chi connectivity index (χ4v) is 4.02. The Kier molecular flexibility index (Phi) is 5.89. The van der Waals surface area contributed by atoms with Gasteiger partial charge in [-0.3, -0.25) is 0 Å². The molecule has 1 fully saturated rings. The van der Waals surface area contributed by atoms with Gasteiger partial charge in [-0.15, -0.1) is 0 Å². The number of hydrogen-bond donors (Lipinski definition) is 1. The van der Waals surface area contributed by atoms with Crippen molar-refractivity contribution in [3.63, 3.8) is 0 Å². The zero-order valence-corrected chi connectivity index (χ0v) is 12.1. The largest absolute Gasteiger partial charge is 0.302 e. The van der Waals surface area contributed by atoms with E-state index in [9.17, 15) is 8.42 Å². The van der Waals surface area contributed by atoms with Gasteiger partial charge in [-0.2, -0.15) is 0 Å². The van der Waals surface area contributed by atoms with Gasteiger partial charge < -0.3 is 4.90 Å². The van der Waals surface area contributed by atoms with Crippen molar-refractivity contribution in [3.8, 4) is 0 Å². The van der Waals surface area contributed by atoms with Gasteiger partial charge in [0.1, 0.15) is 0 Å². The van der Waals surface area contributed by atoms with Crippen molar-refractivity contribution in [3.05, 3.63) is 0 Å². The second kappa shape index (κ2) is 6.71. The average Bonchev–Trinajstić information content (AvgIpc) is 2.67. The van der Waals surface area contributed by atoms with Gasteiger partial charge in [-0.05, 0) is 25.3 Å². The minimum absolute atomic E-state index is 0.212. The third-order valence-electron chi connectivity index (χ3n) is 3.36. The zero-order chi connectivity index (χ0) is 12.9. The first-order valence-corrected chi connectivity index (χ1v) is 8.25. The predicted octanol–water partition coefficient (Wildman–Crippen LogP) is 1.44. The van der Waals surface area contributed by atoms with Crippen LogP contribution in [0.5, 0.6) is 0 Å². The summed E-state index contributed by atoms with van der Waals surface area (Å²) in [6.07, 6.45) is 3.20. The Bertz CT molecular complexity index is 316. The van der Waals surface area contributed by atoms with E-state index in [0.717, 1.165) is 19.5 Å². The molecule has 0 aromatic carbocycles. The minimum atomic E-state index is -3.08. The lowest BCUT2D eigenvalue weighted by atomic mass is 10.1. The molecule has 0 amide bonds. The van der Waals surface area contributed by atoms with Crippen LogP contribution in [-0.4, -0.2) is 44.7 Å². The standard InChI is InChI=1S/C12H26N2O2S/c1-4-6-11(3)9-14-8-7-12(10-14)17(15,16)13-5-2/h11-13H,4-10H2,1-3H3/t11-,12-/m0/s1. The smallest absolute Gasteiger partial charge is 0.215 e. The molecule has 1 saturated heterocycles. The number of hydrogen-bond acceptors (Lipinski definition) is 3. The first-order valence-electron chi connectivity index (χ1n) is 6.70. The summed E-state index contributed by atoms with van der Waals surface area (Å²) < 4.78 is 26.3. The molecule has 0 aliphatic carbocycles. The number of nitrogens with one attached hydrogen (secondary N) is 1. The highest BCUT2D eigenvalue weighted by Crippen LogP contribution is 2.18. The predicted molar refractivity (Wildman–Crippen MR) is 71.5 cm³/mol. The highest BCUT2D eigenvalue weighted by atomic mass is 32.2. The van der Waals surface area contributed by atoms with Crippen molar-refractivity contribution in [2.45, 2.75) is 45.3 Å². The summed E-state index contributed by atoms with van der Waals surface area (Å²) in [5, 5.41) is -0.212. The molecule has 102 valence electrons. The molecule has 0 spiro atoms. The fraction of sp³-hybridized carbons (Fsp3) is 1.00. The van der Waals surface area contributed by atoms with Crippen LogP contribution in [0.25, 0.3) is 0 Å². The zero-order valence-electron chi connectivity index (χ0n) is 11.3. The van der Waals surface area contributed by atoms with Crippen LogP contribution in [0.2, 0.25) is 0 Å². The van der Waals surface area contributed by atoms with Gasteiger partial charge in [0, 0.05) is 19.6 Å². The average molecular weight is 262 g/mol. The molecule has 1 aliphatic rings. The van der Waals surface area contributed by atoms with Crippen LogP contribution in [0.1, 0.15) is 40.0 Å². The third kappa shape index (κ3) is 4.56. The van der Waals surface area contributed by atoms with Crippen molar-refractivity contribution in [1.29, 1.82) is 0 Å². The van der Waals surface area contributed by atoms with Crippen molar-refractivity contribution in [2.24, 2.45) is 5.92 Å². The lowest BCUT2D eigenvalue weighted by Crippen LogP contribution is -2.36. The van der Waals surface area contributed by atoms with E-state index in [-0.39, 0.29) is 5.25 Å². The number of nitrogens with zero attached hydrogens (tertiary/aromatic N) is 1. The van der Waals surface area contributed by atoms with Crippen molar-refractivity contribution >= 4 is 10.0 Å². The Morgan fingerprint density at radius 1 is 1.41 bits per heavy atom. The molecule has 0 radical (unpaired) electrons. The van der Waals surface area contributed by atoms with Gasteiger partial charge in [0.05, 0.1) is 5.25 Å². The van der Waals surface area contributed by atoms with Crippen LogP contribution in [-0.2, 0) is 10.0 Å². The van der Waals surface area contributed by atoms with E-state index in [2.05, 4.69) is 23.5 Å². The van der Waals surface area contributed by atoms with Crippen LogP contribution in [0.4, 0.5) is 0 Å². The number of likely N-dealkylation sites (tertiary alicyclic amines) is 1. The summed E-state index contributed by atoms with van der Waals surface area (Å²) in [6, 6.07) is 0. The van der Waals surface area contributed by atoms with E-state index >= 15 is 0 Å². The topological polar surface area (TPSA) is 49.4 Å². The minimum Gasteiger partial charge on any atom is -0.302 e. The molecule has 0 aromatic heterocycles. The maximum atomic E-state index is 11.9. The normalized spacial score (nSPS) is 24.1. The van der Waals surface area contributed by atoms with E-state index < -0.39 is 10.0 Å². The van der Waals surface area contributed by atoms with Crippen LogP contribution in [0, 0.1) is 5.92 Å². The van der Waals surface area contributed by atoms with Gasteiger partial charge in [0.25, 0.3) is 0 Å². The highest BCUT2D eigenvalue weighted by Gasteiger charge is 2.32. The van der Waals surface area contributed by atoms with E-state index in [0.29, 0.717) is 19.0 Å². The molecule has 5 heteroatoms. The molecular formula is C12H26N2O2S. The van der Waals surface area contributed by atoms with Crippen LogP contribution in [0.3, 0.4) is 0 Å². The number of rotatable bonds is 7. The molecule has 1 rings (SSSR count). The molecule has 2 atom stereocenters. The third-order valence-corrected chi connectivity index (χ3v) is 5.32. The Labute approximate surface area is 106 Å². The van der Waals surface area contributed by atoms with Gasteiger partial charge >= 0.3 is 0 Å². The van der Waals surface area contributed by atoms with E-state index in [1.54, 1.807) is 0 Å². The first kappa shape index (κ1) is 14.9. The Morgan fingerprint density at radius 3 is 2.71 bits per heavy atom. The number of sulfonamides is 1. The lowest BCUT2D eigenvalue weighted by Gasteiger charge is -2.20. The molecule has 0 saturated carbocycles. The summed E-state index contributed by atoms with van der Waals surface area (Å²) >= 11 is 0. The van der Waals surface area contributed by atoms with Crippen molar-refractivity contribution in [1.82, 2.24) is 9.62 Å². The summed E-state index contributed by atoms with van der Waals surface area (Å²) in [5.74, 6) is 0.667. The van der Waals surface area contributed by atoms with Gasteiger partial charge in [-0.1, -0.05) is 27.2 Å². The fourth-order valence-electron chi connectivity index (χ4n) is 2.56. The van der Waals surface area contributed by atoms with E-state index in [1.165, 1.54) is 12.8 Å². The van der Waals surface area contributed by atoms with E-state index in [1.807, 2.05) is 6.92 Å².